The van der Waals surface area contributed by atoms with Crippen LogP contribution in [0.4, 0.5) is 0 Å². The lowest BCUT2D eigenvalue weighted by atomic mass is 9.90. The molecular weight excluding hydrogens is 532 g/mol. The Kier molecular flexibility index (Phi) is 10.2. The molecule has 3 amide bonds. The van der Waals surface area contributed by atoms with E-state index in [4.69, 9.17) is 0 Å². The lowest BCUT2D eigenvalue weighted by Gasteiger charge is -2.39. The van der Waals surface area contributed by atoms with Crippen molar-refractivity contribution in [1.82, 2.24) is 15.1 Å². The fourth-order valence-corrected chi connectivity index (χ4v) is 5.36. The number of carbonyl (C=O) groups is 3. The molecule has 0 radical (unpaired) electrons. The summed E-state index contributed by atoms with van der Waals surface area (Å²) >= 11 is 0. The average molecular weight is 572 g/mol. The molecule has 3 aromatic carbocycles. The van der Waals surface area contributed by atoms with Crippen LogP contribution in [0, 0.1) is 0 Å². The fourth-order valence-electron chi connectivity index (χ4n) is 5.36. The Morgan fingerprint density at radius 1 is 0.929 bits per heavy atom. The largest absolute Gasteiger partial charge is 0.392 e. The van der Waals surface area contributed by atoms with Crippen molar-refractivity contribution < 1.29 is 29.4 Å². The topological polar surface area (TPSA) is 113 Å². The molecule has 0 spiro atoms. The highest BCUT2D eigenvalue weighted by Gasteiger charge is 2.51. The molecule has 9 heteroatoms. The third kappa shape index (κ3) is 7.10. The molecule has 1 atom stereocenters. The summed E-state index contributed by atoms with van der Waals surface area (Å²) in [6.07, 6.45) is 3.25. The zero-order chi connectivity index (χ0) is 30.1. The summed E-state index contributed by atoms with van der Waals surface area (Å²) in [5.41, 5.74) is 1.81. The number of hydrogen-bond acceptors (Lipinski definition) is 6. The van der Waals surface area contributed by atoms with Gasteiger partial charge >= 0.3 is 0 Å². The Hall–Kier alpha value is -4.34. The van der Waals surface area contributed by atoms with Crippen LogP contribution in [0.1, 0.15) is 63.6 Å². The maximum Gasteiger partial charge on any atom is 0.262 e. The number of likely N-dealkylation sites (N-methyl/N-ethyl adjacent to an activating group) is 1. The first kappa shape index (κ1) is 30.6. The summed E-state index contributed by atoms with van der Waals surface area (Å²) in [7, 11) is 1.66. The predicted octanol–water partition coefficient (Wildman–Crippen LogP) is 3.62. The van der Waals surface area contributed by atoms with Gasteiger partial charge in [-0.15, -0.1) is 0 Å². The highest BCUT2D eigenvalue weighted by molar-refractivity contribution is 6.23. The molecule has 0 aromatic heterocycles. The highest BCUT2D eigenvalue weighted by atomic mass is 16.5. The van der Waals surface area contributed by atoms with Crippen molar-refractivity contribution in [3.8, 4) is 0 Å². The number of aliphatic hydroxyl groups is 1. The summed E-state index contributed by atoms with van der Waals surface area (Å²) in [6, 6.07) is 23.7. The van der Waals surface area contributed by atoms with Crippen LogP contribution in [0.3, 0.4) is 0 Å². The Morgan fingerprint density at radius 2 is 1.55 bits per heavy atom. The van der Waals surface area contributed by atoms with Crippen LogP contribution < -0.4 is 5.32 Å². The van der Waals surface area contributed by atoms with E-state index in [9.17, 15) is 24.7 Å². The molecule has 0 aliphatic carbocycles. The van der Waals surface area contributed by atoms with Gasteiger partial charge in [0, 0.05) is 19.2 Å². The number of hydroxylamine groups is 1. The van der Waals surface area contributed by atoms with Crippen LogP contribution in [0.15, 0.2) is 78.9 Å². The number of benzene rings is 3. The van der Waals surface area contributed by atoms with Crippen molar-refractivity contribution in [2.45, 2.75) is 51.4 Å². The van der Waals surface area contributed by atoms with Gasteiger partial charge in [-0.2, -0.15) is 0 Å². The first-order valence-corrected chi connectivity index (χ1v) is 14.2. The van der Waals surface area contributed by atoms with Gasteiger partial charge in [-0.25, -0.2) is 0 Å². The second-order valence-corrected chi connectivity index (χ2v) is 10.8. The Balaban J connectivity index is 1.41. The second-order valence-electron chi connectivity index (χ2n) is 10.8. The Morgan fingerprint density at radius 3 is 2.21 bits per heavy atom. The number of amides is 3. The molecule has 3 aromatic rings. The molecule has 42 heavy (non-hydrogen) atoms. The molecule has 1 unspecified atom stereocenters. The van der Waals surface area contributed by atoms with Crippen LogP contribution in [-0.4, -0.2) is 74.5 Å². The van der Waals surface area contributed by atoms with Crippen LogP contribution in [-0.2, 0) is 24.5 Å². The van der Waals surface area contributed by atoms with Gasteiger partial charge < -0.3 is 15.3 Å². The zero-order valence-electron chi connectivity index (χ0n) is 24.2. The van der Waals surface area contributed by atoms with E-state index >= 15 is 0 Å². The van der Waals surface area contributed by atoms with Crippen molar-refractivity contribution in [3.05, 3.63) is 107 Å². The number of nitrogens with zero attached hydrogens (tertiary/aromatic N) is 3. The van der Waals surface area contributed by atoms with E-state index in [1.807, 2.05) is 48.5 Å². The van der Waals surface area contributed by atoms with E-state index in [-0.39, 0.29) is 19.1 Å². The van der Waals surface area contributed by atoms with Crippen molar-refractivity contribution in [2.24, 2.45) is 0 Å². The number of unbranched alkanes of at least 4 members (excludes halogenated alkanes) is 1. The first-order chi connectivity index (χ1) is 20.2. The molecule has 4 rings (SSSR count). The van der Waals surface area contributed by atoms with Gasteiger partial charge in [0.2, 0.25) is 18.7 Å². The number of aliphatic hydroxyl groups excluding tert-OH is 1. The Labute approximate surface area is 246 Å². The van der Waals surface area contributed by atoms with E-state index in [0.717, 1.165) is 26.3 Å². The molecule has 9 nitrogen and oxygen atoms in total. The summed E-state index contributed by atoms with van der Waals surface area (Å²) in [6.45, 7) is 3.32. The number of rotatable bonds is 14. The maximum absolute atomic E-state index is 14.0. The van der Waals surface area contributed by atoms with Gasteiger partial charge in [0.15, 0.2) is 0 Å². The number of hydrogen-bond donors (Lipinski definition) is 3. The number of fused-ring (bicyclic) bond motifs is 1. The smallest absolute Gasteiger partial charge is 0.262 e. The van der Waals surface area contributed by atoms with Crippen LogP contribution >= 0.6 is 0 Å². The molecule has 1 heterocycles. The van der Waals surface area contributed by atoms with Gasteiger partial charge in [-0.1, -0.05) is 66.7 Å². The fraction of sp³-hybridized carbons (Fsp3) is 0.333. The van der Waals surface area contributed by atoms with Crippen LogP contribution in [0.25, 0.3) is 0 Å². The van der Waals surface area contributed by atoms with Crippen molar-refractivity contribution in [2.75, 3.05) is 20.1 Å². The van der Waals surface area contributed by atoms with Gasteiger partial charge in [-0.05, 0) is 60.7 Å². The Bertz CT molecular complexity index is 1410. The number of nitrogens with one attached hydrogen (secondary N) is 1. The molecule has 1 aliphatic heterocycles. The van der Waals surface area contributed by atoms with E-state index in [0.29, 0.717) is 50.0 Å². The molecule has 0 saturated heterocycles. The molecule has 0 bridgehead atoms. The van der Waals surface area contributed by atoms with Gasteiger partial charge in [0.25, 0.3) is 11.8 Å². The minimum absolute atomic E-state index is 0.104. The minimum Gasteiger partial charge on any atom is -0.392 e. The van der Waals surface area contributed by atoms with Gasteiger partial charge in [0.05, 0.1) is 24.3 Å². The summed E-state index contributed by atoms with van der Waals surface area (Å²) in [5.74, 6) is -1.25. The highest BCUT2D eigenvalue weighted by Crippen LogP contribution is 2.34. The molecule has 3 N–H and O–H groups in total. The second kappa shape index (κ2) is 14.0. The monoisotopic (exact) mass is 571 g/mol. The van der Waals surface area contributed by atoms with Gasteiger partial charge in [-0.3, -0.25) is 24.5 Å². The van der Waals surface area contributed by atoms with E-state index in [1.165, 1.54) is 4.90 Å². The third-order valence-electron chi connectivity index (χ3n) is 7.59. The van der Waals surface area contributed by atoms with E-state index in [2.05, 4.69) is 5.32 Å². The minimum atomic E-state index is -1.39. The molecular formula is C33H39N4O5+. The average Bonchev–Trinajstić information content (AvgIpc) is 3.26. The number of imide groups is 1. The van der Waals surface area contributed by atoms with E-state index in [1.54, 1.807) is 50.5 Å². The summed E-state index contributed by atoms with van der Waals surface area (Å²) < 4.78 is 1.15. The summed E-state index contributed by atoms with van der Waals surface area (Å²) in [5, 5.41) is 22.9. The molecule has 0 saturated carbocycles. The molecule has 1 aliphatic rings. The lowest BCUT2D eigenvalue weighted by molar-refractivity contribution is -0.784. The van der Waals surface area contributed by atoms with Crippen molar-refractivity contribution in [3.63, 3.8) is 0 Å². The molecule has 0 fully saturated rings. The quantitative estimate of drug-likeness (QED) is 0.0681. The van der Waals surface area contributed by atoms with Crippen molar-refractivity contribution in [1.29, 1.82) is 0 Å². The maximum atomic E-state index is 14.0. The normalized spacial score (nSPS) is 14.5. The van der Waals surface area contributed by atoms with E-state index < -0.39 is 17.4 Å². The SMILES string of the molecule is CN(Cc1cccc(CO)c1)C(=O)C(C)(CCCCNCC=[N+](O)Cc1ccccc1)N1C(=O)c2ccccc2C1=O. The number of carbonyl (C=O) groups excluding carboxylic acids is 3. The standard InChI is InChI=1S/C33H39N4O5/c1-33(37-30(39)28-15-6-7-16-29(28)31(37)40,32(41)35(2)22-26-13-10-14-27(21-26)24-38)17-8-9-18-34-19-20-36(42)23-25-11-4-3-5-12-25/h3-7,10-16,20-21,34,38,42H,8-9,17-19,22-24H2,1-2H3/q+1. The van der Waals surface area contributed by atoms with Crippen LogP contribution in [0.2, 0.25) is 0 Å². The summed E-state index contributed by atoms with van der Waals surface area (Å²) in [4.78, 5) is 43.6. The van der Waals surface area contributed by atoms with Crippen molar-refractivity contribution >= 4 is 23.9 Å². The third-order valence-corrected chi connectivity index (χ3v) is 7.59. The predicted molar refractivity (Wildman–Crippen MR) is 159 cm³/mol. The van der Waals surface area contributed by atoms with Crippen LogP contribution in [0.5, 0.6) is 0 Å². The first-order valence-electron chi connectivity index (χ1n) is 14.2. The molecule has 220 valence electrons. The lowest BCUT2D eigenvalue weighted by Crippen LogP contribution is -2.59. The zero-order valence-corrected chi connectivity index (χ0v) is 24.2. The van der Waals surface area contributed by atoms with Gasteiger partial charge in [0.1, 0.15) is 5.54 Å².